The highest BCUT2D eigenvalue weighted by Gasteiger charge is 2.32. The Bertz CT molecular complexity index is 1090. The maximum absolute atomic E-state index is 13.5. The minimum Gasteiger partial charge on any atom is -0.482 e. The molecule has 0 aliphatic rings. The Morgan fingerprint density at radius 2 is 1.56 bits per heavy atom. The van der Waals surface area contributed by atoms with Crippen molar-refractivity contribution < 1.29 is 14.3 Å². The molecule has 34 heavy (non-hydrogen) atoms. The second-order valence-corrected chi connectivity index (χ2v) is 9.16. The standard InChI is InChI=1S/C27H28Cl2N2O3/c1-19(2)16-30-27(33)26(21-8-4-3-5-9-21)31(17-20-12-14-22(28)15-13-20)25(32)18-34-24-11-7-6-10-23(24)29/h3-15,19,26H,16-18H2,1-2H3,(H,30,33)/t26-/m0/s1. The Kier molecular flexibility index (Phi) is 9.37. The molecule has 0 saturated heterocycles. The van der Waals surface area contributed by atoms with Crippen molar-refractivity contribution in [3.8, 4) is 5.75 Å². The van der Waals surface area contributed by atoms with E-state index in [1.807, 2.05) is 56.3 Å². The first-order chi connectivity index (χ1) is 16.3. The van der Waals surface area contributed by atoms with Gasteiger partial charge in [-0.1, -0.05) is 91.6 Å². The summed E-state index contributed by atoms with van der Waals surface area (Å²) < 4.78 is 5.72. The maximum atomic E-state index is 13.5. The molecule has 0 fully saturated rings. The van der Waals surface area contributed by atoms with Crippen LogP contribution in [0.5, 0.6) is 5.75 Å². The number of hydrogen-bond donors (Lipinski definition) is 1. The molecule has 3 rings (SSSR count). The van der Waals surface area contributed by atoms with E-state index < -0.39 is 6.04 Å². The third-order valence-electron chi connectivity index (χ3n) is 5.13. The average Bonchev–Trinajstić information content (AvgIpc) is 2.83. The highest BCUT2D eigenvalue weighted by Crippen LogP contribution is 2.26. The zero-order valence-electron chi connectivity index (χ0n) is 19.2. The molecule has 3 aromatic rings. The topological polar surface area (TPSA) is 58.6 Å². The van der Waals surface area contributed by atoms with Crippen LogP contribution in [-0.2, 0) is 16.1 Å². The first kappa shape index (κ1) is 25.6. The Labute approximate surface area is 210 Å². The summed E-state index contributed by atoms with van der Waals surface area (Å²) in [5.74, 6) is 0.0807. The van der Waals surface area contributed by atoms with Crippen LogP contribution in [0.1, 0.15) is 31.0 Å². The number of hydrogen-bond acceptors (Lipinski definition) is 3. The molecule has 1 atom stereocenters. The molecule has 1 N–H and O–H groups in total. The molecule has 0 unspecified atom stereocenters. The molecule has 0 radical (unpaired) electrons. The molecule has 0 bridgehead atoms. The number of carbonyl (C=O) groups is 2. The number of carbonyl (C=O) groups excluding carboxylic acids is 2. The summed E-state index contributed by atoms with van der Waals surface area (Å²) in [6.45, 7) is 4.48. The molecule has 0 aromatic heterocycles. The fraction of sp³-hybridized carbons (Fsp3) is 0.259. The van der Waals surface area contributed by atoms with E-state index in [9.17, 15) is 9.59 Å². The van der Waals surface area contributed by atoms with Crippen LogP contribution < -0.4 is 10.1 Å². The molecule has 178 valence electrons. The van der Waals surface area contributed by atoms with Crippen LogP contribution >= 0.6 is 23.2 Å². The Balaban J connectivity index is 1.93. The van der Waals surface area contributed by atoms with Crippen LogP contribution in [0.25, 0.3) is 0 Å². The van der Waals surface area contributed by atoms with E-state index in [-0.39, 0.29) is 30.9 Å². The van der Waals surface area contributed by atoms with Crippen LogP contribution in [0.15, 0.2) is 78.9 Å². The summed E-state index contributed by atoms with van der Waals surface area (Å²) in [5, 5.41) is 3.98. The van der Waals surface area contributed by atoms with E-state index in [0.717, 1.165) is 5.56 Å². The molecule has 0 aliphatic carbocycles. The first-order valence-corrected chi connectivity index (χ1v) is 11.8. The molecule has 0 saturated carbocycles. The van der Waals surface area contributed by atoms with Gasteiger partial charge in [0.15, 0.2) is 6.61 Å². The van der Waals surface area contributed by atoms with Gasteiger partial charge in [-0.15, -0.1) is 0 Å². The minimum absolute atomic E-state index is 0.205. The van der Waals surface area contributed by atoms with Crippen LogP contribution in [0.3, 0.4) is 0 Å². The molecule has 0 heterocycles. The van der Waals surface area contributed by atoms with Gasteiger partial charge < -0.3 is 15.0 Å². The normalized spacial score (nSPS) is 11.7. The first-order valence-electron chi connectivity index (χ1n) is 11.1. The molecule has 3 aromatic carbocycles. The van der Waals surface area contributed by atoms with E-state index in [0.29, 0.717) is 27.9 Å². The highest BCUT2D eigenvalue weighted by atomic mass is 35.5. The maximum Gasteiger partial charge on any atom is 0.261 e. The zero-order valence-corrected chi connectivity index (χ0v) is 20.7. The summed E-state index contributed by atoms with van der Waals surface area (Å²) in [7, 11) is 0. The number of halogens is 2. The summed E-state index contributed by atoms with van der Waals surface area (Å²) >= 11 is 12.2. The number of ether oxygens (including phenoxy) is 1. The molecule has 2 amide bonds. The molecular formula is C27H28Cl2N2O3. The SMILES string of the molecule is CC(C)CNC(=O)[C@H](c1ccccc1)N(Cc1ccc(Cl)cc1)C(=O)COc1ccccc1Cl. The molecule has 5 nitrogen and oxygen atoms in total. The van der Waals surface area contributed by atoms with E-state index in [1.54, 1.807) is 36.4 Å². The Morgan fingerprint density at radius 3 is 2.21 bits per heavy atom. The number of para-hydroxylation sites is 1. The number of nitrogens with one attached hydrogen (secondary N) is 1. The van der Waals surface area contributed by atoms with Gasteiger partial charge in [-0.05, 0) is 41.3 Å². The van der Waals surface area contributed by atoms with Crippen molar-refractivity contribution in [3.05, 3.63) is 100 Å². The van der Waals surface area contributed by atoms with Gasteiger partial charge in [0.1, 0.15) is 11.8 Å². The lowest BCUT2D eigenvalue weighted by Gasteiger charge is -2.32. The lowest BCUT2D eigenvalue weighted by molar-refractivity contribution is -0.143. The average molecular weight is 499 g/mol. The van der Waals surface area contributed by atoms with Gasteiger partial charge in [-0.3, -0.25) is 9.59 Å². The van der Waals surface area contributed by atoms with Crippen molar-refractivity contribution in [1.82, 2.24) is 10.2 Å². The fourth-order valence-electron chi connectivity index (χ4n) is 3.40. The second kappa shape index (κ2) is 12.4. The Morgan fingerprint density at radius 1 is 0.912 bits per heavy atom. The smallest absolute Gasteiger partial charge is 0.261 e. The highest BCUT2D eigenvalue weighted by molar-refractivity contribution is 6.32. The monoisotopic (exact) mass is 498 g/mol. The lowest BCUT2D eigenvalue weighted by Crippen LogP contribution is -2.45. The van der Waals surface area contributed by atoms with Crippen LogP contribution in [0, 0.1) is 5.92 Å². The van der Waals surface area contributed by atoms with E-state index >= 15 is 0 Å². The number of amides is 2. The van der Waals surface area contributed by atoms with Crippen LogP contribution in [-0.4, -0.2) is 29.9 Å². The van der Waals surface area contributed by atoms with Crippen molar-refractivity contribution >= 4 is 35.0 Å². The predicted molar refractivity (Wildman–Crippen MR) is 136 cm³/mol. The van der Waals surface area contributed by atoms with Gasteiger partial charge in [-0.2, -0.15) is 0 Å². The van der Waals surface area contributed by atoms with Crippen molar-refractivity contribution in [1.29, 1.82) is 0 Å². The van der Waals surface area contributed by atoms with Gasteiger partial charge in [0, 0.05) is 18.1 Å². The largest absolute Gasteiger partial charge is 0.482 e. The molecular weight excluding hydrogens is 471 g/mol. The fourth-order valence-corrected chi connectivity index (χ4v) is 3.72. The third kappa shape index (κ3) is 7.24. The number of benzene rings is 3. The van der Waals surface area contributed by atoms with E-state index in [4.69, 9.17) is 27.9 Å². The van der Waals surface area contributed by atoms with Gasteiger partial charge in [-0.25, -0.2) is 0 Å². The minimum atomic E-state index is -0.835. The number of rotatable bonds is 10. The van der Waals surface area contributed by atoms with Crippen molar-refractivity contribution in [2.45, 2.75) is 26.4 Å². The van der Waals surface area contributed by atoms with Crippen molar-refractivity contribution in [2.24, 2.45) is 5.92 Å². The summed E-state index contributed by atoms with van der Waals surface area (Å²) in [4.78, 5) is 28.4. The van der Waals surface area contributed by atoms with Crippen LogP contribution in [0.2, 0.25) is 10.0 Å². The number of nitrogens with zero attached hydrogens (tertiary/aromatic N) is 1. The summed E-state index contributed by atoms with van der Waals surface area (Å²) in [6, 6.07) is 22.6. The van der Waals surface area contributed by atoms with E-state index in [2.05, 4.69) is 5.32 Å². The van der Waals surface area contributed by atoms with Gasteiger partial charge in [0.05, 0.1) is 5.02 Å². The van der Waals surface area contributed by atoms with Crippen molar-refractivity contribution in [2.75, 3.05) is 13.2 Å². The summed E-state index contributed by atoms with van der Waals surface area (Å²) in [6.07, 6.45) is 0. The molecule has 7 heteroatoms. The van der Waals surface area contributed by atoms with Gasteiger partial charge in [0.2, 0.25) is 5.91 Å². The Hall–Kier alpha value is -3.02. The zero-order chi connectivity index (χ0) is 24.5. The third-order valence-corrected chi connectivity index (χ3v) is 5.70. The van der Waals surface area contributed by atoms with E-state index in [1.165, 1.54) is 4.90 Å². The lowest BCUT2D eigenvalue weighted by atomic mass is 10.0. The van der Waals surface area contributed by atoms with Gasteiger partial charge in [0.25, 0.3) is 5.91 Å². The summed E-state index contributed by atoms with van der Waals surface area (Å²) in [5.41, 5.74) is 1.55. The van der Waals surface area contributed by atoms with Crippen molar-refractivity contribution in [3.63, 3.8) is 0 Å². The second-order valence-electron chi connectivity index (χ2n) is 8.32. The predicted octanol–water partition coefficient (Wildman–Crippen LogP) is 5.91. The molecule has 0 spiro atoms. The molecule has 0 aliphatic heterocycles. The quantitative estimate of drug-likeness (QED) is 0.377. The van der Waals surface area contributed by atoms with Crippen LogP contribution in [0.4, 0.5) is 0 Å². The van der Waals surface area contributed by atoms with Gasteiger partial charge >= 0.3 is 0 Å².